The number of carbonyl (C=O) groups is 1. The highest BCUT2D eigenvalue weighted by atomic mass is 16.1. The average molecular weight is 248 g/mol. The van der Waals surface area contributed by atoms with Crippen LogP contribution in [0.3, 0.4) is 0 Å². The highest BCUT2D eigenvalue weighted by Gasteiger charge is 2.33. The molecule has 1 saturated heterocycles. The zero-order valence-corrected chi connectivity index (χ0v) is 11.0. The molecule has 1 fully saturated rings. The first-order valence-electron chi connectivity index (χ1n) is 6.48. The first-order valence-corrected chi connectivity index (χ1v) is 6.48. The van der Waals surface area contributed by atoms with E-state index in [1.165, 1.54) is 0 Å². The van der Waals surface area contributed by atoms with E-state index >= 15 is 0 Å². The SMILES string of the molecule is CCC[C@@H]1CN(c2cnccn2)C[C@H]1NC(C)=O. The first-order chi connectivity index (χ1) is 8.70. The minimum absolute atomic E-state index is 0.0436. The van der Waals surface area contributed by atoms with Gasteiger partial charge in [0.15, 0.2) is 0 Å². The standard InChI is InChI=1S/C13H20N4O/c1-3-4-11-8-17(9-12(11)16-10(2)18)13-7-14-5-6-15-13/h5-7,11-12H,3-4,8-9H2,1-2H3,(H,16,18)/t11-,12-/m1/s1. The zero-order chi connectivity index (χ0) is 13.0. The predicted octanol–water partition coefficient (Wildman–Crippen LogP) is 1.22. The van der Waals surface area contributed by atoms with Crippen molar-refractivity contribution in [2.75, 3.05) is 18.0 Å². The number of carbonyl (C=O) groups excluding carboxylic acids is 1. The van der Waals surface area contributed by atoms with Gasteiger partial charge in [0.05, 0.1) is 12.2 Å². The van der Waals surface area contributed by atoms with Gasteiger partial charge in [-0.2, -0.15) is 0 Å². The lowest BCUT2D eigenvalue weighted by Crippen LogP contribution is -2.39. The van der Waals surface area contributed by atoms with Gasteiger partial charge in [-0.1, -0.05) is 13.3 Å². The Morgan fingerprint density at radius 1 is 1.50 bits per heavy atom. The average Bonchev–Trinajstić information content (AvgIpc) is 2.73. The number of amides is 1. The largest absolute Gasteiger partial charge is 0.353 e. The molecule has 1 aromatic rings. The van der Waals surface area contributed by atoms with E-state index in [1.807, 2.05) is 0 Å². The molecule has 1 aliphatic heterocycles. The topological polar surface area (TPSA) is 58.1 Å². The van der Waals surface area contributed by atoms with Crippen molar-refractivity contribution in [3.05, 3.63) is 18.6 Å². The third-order valence-corrected chi connectivity index (χ3v) is 3.36. The predicted molar refractivity (Wildman–Crippen MR) is 70.2 cm³/mol. The van der Waals surface area contributed by atoms with Crippen LogP contribution in [-0.2, 0) is 4.79 Å². The number of nitrogens with one attached hydrogen (secondary N) is 1. The Hall–Kier alpha value is -1.65. The summed E-state index contributed by atoms with van der Waals surface area (Å²) in [7, 11) is 0. The lowest BCUT2D eigenvalue weighted by atomic mass is 9.98. The Morgan fingerprint density at radius 3 is 2.94 bits per heavy atom. The maximum absolute atomic E-state index is 11.2. The molecule has 0 spiro atoms. The molecule has 0 aromatic carbocycles. The minimum Gasteiger partial charge on any atom is -0.353 e. The Kier molecular flexibility index (Phi) is 4.12. The lowest BCUT2D eigenvalue weighted by molar-refractivity contribution is -0.119. The van der Waals surface area contributed by atoms with E-state index in [4.69, 9.17) is 0 Å². The van der Waals surface area contributed by atoms with Gasteiger partial charge in [-0.25, -0.2) is 4.98 Å². The van der Waals surface area contributed by atoms with E-state index in [0.717, 1.165) is 31.7 Å². The third kappa shape index (κ3) is 2.97. The number of nitrogens with zero attached hydrogens (tertiary/aromatic N) is 3. The summed E-state index contributed by atoms with van der Waals surface area (Å²) in [5.41, 5.74) is 0. The van der Waals surface area contributed by atoms with Crippen molar-refractivity contribution in [1.29, 1.82) is 0 Å². The molecule has 1 aliphatic rings. The maximum Gasteiger partial charge on any atom is 0.217 e. The van der Waals surface area contributed by atoms with Crippen molar-refractivity contribution in [3.63, 3.8) is 0 Å². The molecule has 0 bridgehead atoms. The van der Waals surface area contributed by atoms with Gasteiger partial charge < -0.3 is 10.2 Å². The van der Waals surface area contributed by atoms with Gasteiger partial charge in [0, 0.05) is 32.4 Å². The molecule has 1 amide bonds. The molecule has 0 aliphatic carbocycles. The van der Waals surface area contributed by atoms with Crippen LogP contribution >= 0.6 is 0 Å². The zero-order valence-electron chi connectivity index (χ0n) is 11.0. The molecule has 98 valence electrons. The summed E-state index contributed by atoms with van der Waals surface area (Å²) < 4.78 is 0. The van der Waals surface area contributed by atoms with Crippen LogP contribution in [0.5, 0.6) is 0 Å². The van der Waals surface area contributed by atoms with E-state index in [9.17, 15) is 4.79 Å². The highest BCUT2D eigenvalue weighted by molar-refractivity contribution is 5.73. The Labute approximate surface area is 108 Å². The second kappa shape index (κ2) is 5.80. The smallest absolute Gasteiger partial charge is 0.217 e. The minimum atomic E-state index is 0.0436. The van der Waals surface area contributed by atoms with Crippen molar-refractivity contribution in [3.8, 4) is 0 Å². The quantitative estimate of drug-likeness (QED) is 0.870. The van der Waals surface area contributed by atoms with Gasteiger partial charge in [0.1, 0.15) is 5.82 Å². The fourth-order valence-corrected chi connectivity index (χ4v) is 2.60. The van der Waals surface area contributed by atoms with Crippen molar-refractivity contribution in [2.45, 2.75) is 32.7 Å². The molecule has 0 radical (unpaired) electrons. The van der Waals surface area contributed by atoms with E-state index < -0.39 is 0 Å². The van der Waals surface area contributed by atoms with Crippen LogP contribution in [0.1, 0.15) is 26.7 Å². The van der Waals surface area contributed by atoms with E-state index in [0.29, 0.717) is 5.92 Å². The molecule has 0 saturated carbocycles. The number of hydrogen-bond donors (Lipinski definition) is 1. The van der Waals surface area contributed by atoms with Gasteiger partial charge in [-0.15, -0.1) is 0 Å². The normalized spacial score (nSPS) is 23.1. The van der Waals surface area contributed by atoms with Crippen LogP contribution in [0.25, 0.3) is 0 Å². The molecule has 1 N–H and O–H groups in total. The molecule has 5 heteroatoms. The summed E-state index contributed by atoms with van der Waals surface area (Å²) in [6.45, 7) is 5.52. The van der Waals surface area contributed by atoms with Crippen molar-refractivity contribution in [1.82, 2.24) is 15.3 Å². The second-order valence-corrected chi connectivity index (χ2v) is 4.82. The fraction of sp³-hybridized carbons (Fsp3) is 0.615. The van der Waals surface area contributed by atoms with E-state index in [2.05, 4.69) is 27.1 Å². The van der Waals surface area contributed by atoms with Gasteiger partial charge in [-0.3, -0.25) is 9.78 Å². The maximum atomic E-state index is 11.2. The van der Waals surface area contributed by atoms with Gasteiger partial charge in [0.2, 0.25) is 5.91 Å². The molecule has 1 aromatic heterocycles. The summed E-state index contributed by atoms with van der Waals surface area (Å²) >= 11 is 0. The molecule has 18 heavy (non-hydrogen) atoms. The number of aromatic nitrogens is 2. The Bertz CT molecular complexity index is 395. The molecule has 5 nitrogen and oxygen atoms in total. The summed E-state index contributed by atoms with van der Waals surface area (Å²) in [5, 5.41) is 3.05. The molecule has 2 rings (SSSR count). The molecular weight excluding hydrogens is 228 g/mol. The van der Waals surface area contributed by atoms with Crippen LogP contribution in [0.2, 0.25) is 0 Å². The Morgan fingerprint density at radius 2 is 2.33 bits per heavy atom. The first kappa shape index (κ1) is 12.8. The summed E-state index contributed by atoms with van der Waals surface area (Å²) in [6.07, 6.45) is 7.42. The summed E-state index contributed by atoms with van der Waals surface area (Å²) in [6, 6.07) is 0.226. The molecular formula is C13H20N4O. The van der Waals surface area contributed by atoms with Crippen LogP contribution in [0.4, 0.5) is 5.82 Å². The van der Waals surface area contributed by atoms with Crippen molar-refractivity contribution >= 4 is 11.7 Å². The highest BCUT2D eigenvalue weighted by Crippen LogP contribution is 2.25. The number of anilines is 1. The van der Waals surface area contributed by atoms with Gasteiger partial charge in [-0.05, 0) is 12.3 Å². The fourth-order valence-electron chi connectivity index (χ4n) is 2.60. The van der Waals surface area contributed by atoms with Gasteiger partial charge >= 0.3 is 0 Å². The summed E-state index contributed by atoms with van der Waals surface area (Å²) in [4.78, 5) is 21.9. The number of rotatable bonds is 4. The molecule has 2 heterocycles. The van der Waals surface area contributed by atoms with Crippen molar-refractivity contribution in [2.24, 2.45) is 5.92 Å². The molecule has 0 unspecified atom stereocenters. The van der Waals surface area contributed by atoms with Crippen molar-refractivity contribution < 1.29 is 4.79 Å². The lowest BCUT2D eigenvalue weighted by Gasteiger charge is -2.17. The van der Waals surface area contributed by atoms with Crippen LogP contribution < -0.4 is 10.2 Å². The van der Waals surface area contributed by atoms with E-state index in [1.54, 1.807) is 25.5 Å². The molecule has 2 atom stereocenters. The van der Waals surface area contributed by atoms with Crippen LogP contribution in [0, 0.1) is 5.92 Å². The monoisotopic (exact) mass is 248 g/mol. The van der Waals surface area contributed by atoms with Crippen LogP contribution in [-0.4, -0.2) is 35.0 Å². The van der Waals surface area contributed by atoms with Gasteiger partial charge in [0.25, 0.3) is 0 Å². The third-order valence-electron chi connectivity index (χ3n) is 3.36. The van der Waals surface area contributed by atoms with Crippen LogP contribution in [0.15, 0.2) is 18.6 Å². The Balaban J connectivity index is 2.06. The second-order valence-electron chi connectivity index (χ2n) is 4.82. The number of hydrogen-bond acceptors (Lipinski definition) is 4. The van der Waals surface area contributed by atoms with E-state index in [-0.39, 0.29) is 11.9 Å². The summed E-state index contributed by atoms with van der Waals surface area (Å²) in [5.74, 6) is 1.44.